The number of aromatic amines is 1. The molecule has 4 rings (SSSR count). The predicted octanol–water partition coefficient (Wildman–Crippen LogP) is 4.01. The number of nitrogens with one attached hydrogen (secondary N) is 2. The monoisotopic (exact) mass is 496 g/mol. The molecule has 2 aromatic heterocycles. The molecule has 0 saturated carbocycles. The van der Waals surface area contributed by atoms with Crippen LogP contribution in [0.1, 0.15) is 16.1 Å². The minimum atomic E-state index is -5.08. The second-order valence-corrected chi connectivity index (χ2v) is 7.40. The van der Waals surface area contributed by atoms with E-state index in [2.05, 4.69) is 31.2 Å². The molecule has 0 saturated heterocycles. The first-order valence-electron chi connectivity index (χ1n) is 8.88. The van der Waals surface area contributed by atoms with Crippen molar-refractivity contribution in [3.8, 4) is 22.5 Å². The van der Waals surface area contributed by atoms with E-state index < -0.39 is 12.1 Å². The number of fused-ring (bicyclic) bond motifs is 1. The van der Waals surface area contributed by atoms with Crippen molar-refractivity contribution in [1.29, 1.82) is 0 Å². The van der Waals surface area contributed by atoms with Gasteiger partial charge in [-0.15, -0.1) is 0 Å². The Kier molecular flexibility index (Phi) is 6.34. The third kappa shape index (κ3) is 5.23. The van der Waals surface area contributed by atoms with Gasteiger partial charge < -0.3 is 21.1 Å². The van der Waals surface area contributed by atoms with Crippen LogP contribution >= 0.6 is 15.9 Å². The number of pyridine rings is 1. The normalized spacial score (nSPS) is 13.0. The minimum absolute atomic E-state index is 0.0181. The molecule has 7 nitrogen and oxygen atoms in total. The number of carboxylic acid groups (broad SMARTS) is 1. The van der Waals surface area contributed by atoms with Gasteiger partial charge in [0.25, 0.3) is 5.91 Å². The first-order valence-corrected chi connectivity index (χ1v) is 9.67. The van der Waals surface area contributed by atoms with Crippen LogP contribution in [0.4, 0.5) is 18.9 Å². The van der Waals surface area contributed by atoms with E-state index in [1.807, 2.05) is 36.4 Å². The SMILES string of the molecule is Nc1ccc(-c2cc(-c3cc4c([nH]3)CCNC4=O)ccn2)cc1Br.O=C(O)C(F)(F)F. The highest BCUT2D eigenvalue weighted by Crippen LogP contribution is 2.30. The van der Waals surface area contributed by atoms with Gasteiger partial charge in [-0.2, -0.15) is 13.2 Å². The molecule has 5 N–H and O–H groups in total. The number of alkyl halides is 3. The lowest BCUT2D eigenvalue weighted by molar-refractivity contribution is -0.192. The van der Waals surface area contributed by atoms with Crippen LogP contribution in [0.3, 0.4) is 0 Å². The zero-order valence-corrected chi connectivity index (χ0v) is 17.3. The third-order valence-corrected chi connectivity index (χ3v) is 5.10. The van der Waals surface area contributed by atoms with E-state index in [4.69, 9.17) is 15.6 Å². The quantitative estimate of drug-likeness (QED) is 0.399. The average Bonchev–Trinajstić information content (AvgIpc) is 3.16. The Hall–Kier alpha value is -3.34. The van der Waals surface area contributed by atoms with Crippen LogP contribution in [-0.2, 0) is 11.2 Å². The Morgan fingerprint density at radius 1 is 1.16 bits per heavy atom. The van der Waals surface area contributed by atoms with Crippen molar-refractivity contribution in [3.05, 3.63) is 58.3 Å². The summed E-state index contributed by atoms with van der Waals surface area (Å²) in [5, 5.41) is 9.99. The third-order valence-electron chi connectivity index (χ3n) is 4.41. The summed E-state index contributed by atoms with van der Waals surface area (Å²) in [4.78, 5) is 28.6. The zero-order valence-electron chi connectivity index (χ0n) is 15.8. The molecule has 162 valence electrons. The largest absolute Gasteiger partial charge is 0.490 e. The van der Waals surface area contributed by atoms with Gasteiger partial charge in [0.2, 0.25) is 0 Å². The topological polar surface area (TPSA) is 121 Å². The van der Waals surface area contributed by atoms with E-state index in [9.17, 15) is 18.0 Å². The number of hydrogen-bond acceptors (Lipinski definition) is 4. The summed E-state index contributed by atoms with van der Waals surface area (Å²) in [6.45, 7) is 0.673. The van der Waals surface area contributed by atoms with Crippen molar-refractivity contribution in [2.75, 3.05) is 12.3 Å². The van der Waals surface area contributed by atoms with E-state index in [1.54, 1.807) is 6.20 Å². The summed E-state index contributed by atoms with van der Waals surface area (Å²) < 4.78 is 32.6. The number of rotatable bonds is 2. The van der Waals surface area contributed by atoms with Gasteiger partial charge in [0.1, 0.15) is 0 Å². The smallest absolute Gasteiger partial charge is 0.475 e. The molecule has 1 amide bonds. The molecule has 0 fully saturated rings. The van der Waals surface area contributed by atoms with Gasteiger partial charge in [-0.25, -0.2) is 4.79 Å². The fourth-order valence-electron chi connectivity index (χ4n) is 2.89. The lowest BCUT2D eigenvalue weighted by Crippen LogP contribution is -2.31. The number of amides is 1. The van der Waals surface area contributed by atoms with Crippen LogP contribution in [0, 0.1) is 0 Å². The zero-order chi connectivity index (χ0) is 22.8. The van der Waals surface area contributed by atoms with Crippen LogP contribution in [-0.4, -0.2) is 39.7 Å². The molecule has 1 aromatic carbocycles. The molecule has 0 spiro atoms. The number of hydrogen-bond donors (Lipinski definition) is 4. The van der Waals surface area contributed by atoms with Crippen LogP contribution in [0.25, 0.3) is 22.5 Å². The summed E-state index contributed by atoms with van der Waals surface area (Å²) in [6, 6.07) is 11.6. The highest BCUT2D eigenvalue weighted by molar-refractivity contribution is 9.10. The molecule has 0 radical (unpaired) electrons. The van der Waals surface area contributed by atoms with Gasteiger partial charge in [-0.05, 0) is 46.3 Å². The van der Waals surface area contributed by atoms with Gasteiger partial charge in [0.05, 0.1) is 11.3 Å². The Labute approximate surface area is 182 Å². The molecule has 0 aliphatic carbocycles. The minimum Gasteiger partial charge on any atom is -0.475 e. The highest BCUT2D eigenvalue weighted by atomic mass is 79.9. The summed E-state index contributed by atoms with van der Waals surface area (Å²) in [6.07, 6.45) is -2.49. The van der Waals surface area contributed by atoms with E-state index >= 15 is 0 Å². The number of nitrogens with zero attached hydrogens (tertiary/aromatic N) is 1. The Morgan fingerprint density at radius 3 is 2.48 bits per heavy atom. The van der Waals surface area contributed by atoms with Crippen LogP contribution < -0.4 is 11.1 Å². The van der Waals surface area contributed by atoms with Crippen molar-refractivity contribution < 1.29 is 27.9 Å². The second kappa shape index (κ2) is 8.80. The summed E-state index contributed by atoms with van der Waals surface area (Å²) in [5.41, 5.74) is 12.0. The second-order valence-electron chi connectivity index (χ2n) is 6.55. The van der Waals surface area contributed by atoms with Crippen molar-refractivity contribution in [3.63, 3.8) is 0 Å². The highest BCUT2D eigenvalue weighted by Gasteiger charge is 2.38. The molecule has 3 heterocycles. The number of carbonyl (C=O) groups excluding carboxylic acids is 1. The molecular formula is C20H16BrF3N4O3. The number of benzene rings is 1. The van der Waals surface area contributed by atoms with Gasteiger partial charge >= 0.3 is 12.1 Å². The Bertz CT molecular complexity index is 1140. The van der Waals surface area contributed by atoms with E-state index in [0.29, 0.717) is 12.2 Å². The molecule has 1 aliphatic rings. The number of carbonyl (C=O) groups is 2. The maximum absolute atomic E-state index is 11.9. The molecule has 0 unspecified atom stereocenters. The number of nitrogen functional groups attached to an aromatic ring is 1. The van der Waals surface area contributed by atoms with Crippen LogP contribution in [0.15, 0.2) is 47.1 Å². The van der Waals surface area contributed by atoms with Gasteiger partial charge in [-0.1, -0.05) is 6.07 Å². The molecule has 0 atom stereocenters. The van der Waals surface area contributed by atoms with Crippen molar-refractivity contribution >= 4 is 33.5 Å². The van der Waals surface area contributed by atoms with E-state index in [0.717, 1.165) is 44.7 Å². The first-order chi connectivity index (χ1) is 14.6. The lowest BCUT2D eigenvalue weighted by Gasteiger charge is -2.11. The molecule has 0 bridgehead atoms. The number of aliphatic carboxylic acids is 1. The molecule has 3 aromatic rings. The fourth-order valence-corrected chi connectivity index (χ4v) is 3.27. The van der Waals surface area contributed by atoms with Gasteiger partial charge in [0.15, 0.2) is 0 Å². The molecule has 1 aliphatic heterocycles. The number of nitrogens with two attached hydrogens (primary N) is 1. The van der Waals surface area contributed by atoms with Crippen molar-refractivity contribution in [1.82, 2.24) is 15.3 Å². The number of anilines is 1. The molecule has 11 heteroatoms. The standard InChI is InChI=1S/C18H15BrN4O.C2HF3O2/c19-13-7-10(1-2-14(13)20)16-8-11(3-5-21-16)17-9-12-15(23-17)4-6-22-18(12)24;3-2(4,5)1(6)7/h1-3,5,7-9,23H,4,6,20H2,(H,22,24);(H,6,7). The van der Waals surface area contributed by atoms with Crippen LogP contribution in [0.2, 0.25) is 0 Å². The maximum atomic E-state index is 11.9. The van der Waals surface area contributed by atoms with Crippen molar-refractivity contribution in [2.24, 2.45) is 0 Å². The number of H-pyrrole nitrogens is 1. The summed E-state index contributed by atoms with van der Waals surface area (Å²) in [5.74, 6) is -2.78. The Balaban J connectivity index is 0.000000339. The summed E-state index contributed by atoms with van der Waals surface area (Å²) >= 11 is 3.45. The summed E-state index contributed by atoms with van der Waals surface area (Å²) in [7, 11) is 0. The van der Waals surface area contributed by atoms with E-state index in [1.165, 1.54) is 0 Å². The molecular weight excluding hydrogens is 481 g/mol. The Morgan fingerprint density at radius 2 is 1.87 bits per heavy atom. The maximum Gasteiger partial charge on any atom is 0.490 e. The van der Waals surface area contributed by atoms with Crippen molar-refractivity contribution in [2.45, 2.75) is 12.6 Å². The number of aromatic nitrogens is 2. The first kappa shape index (κ1) is 22.3. The average molecular weight is 497 g/mol. The van der Waals surface area contributed by atoms with Gasteiger partial charge in [0, 0.05) is 51.8 Å². The van der Waals surface area contributed by atoms with E-state index in [-0.39, 0.29) is 5.91 Å². The number of halogens is 4. The lowest BCUT2D eigenvalue weighted by atomic mass is 10.1. The predicted molar refractivity (Wildman–Crippen MR) is 111 cm³/mol. The van der Waals surface area contributed by atoms with Gasteiger partial charge in [-0.3, -0.25) is 9.78 Å². The molecule has 31 heavy (non-hydrogen) atoms. The van der Waals surface area contributed by atoms with Crippen LogP contribution in [0.5, 0.6) is 0 Å². The number of carboxylic acids is 1. The fraction of sp³-hybridized carbons (Fsp3) is 0.150.